The molecule has 1 saturated carbocycles. The van der Waals surface area contributed by atoms with Gasteiger partial charge in [0.1, 0.15) is 0 Å². The Morgan fingerprint density at radius 3 is 2.78 bits per heavy atom. The van der Waals surface area contributed by atoms with E-state index in [0.29, 0.717) is 0 Å². The molecule has 1 fully saturated rings. The van der Waals surface area contributed by atoms with Crippen molar-refractivity contribution in [2.45, 2.75) is 71.4 Å². The van der Waals surface area contributed by atoms with Crippen LogP contribution in [0.3, 0.4) is 0 Å². The molecule has 0 radical (unpaired) electrons. The van der Waals surface area contributed by atoms with E-state index in [1.807, 2.05) is 0 Å². The van der Waals surface area contributed by atoms with E-state index in [9.17, 15) is 0 Å². The maximum Gasteiger partial charge on any atom is 0.0624 e. The average molecular weight is 249 g/mol. The molecule has 1 aliphatic rings. The highest BCUT2D eigenvalue weighted by molar-refractivity contribution is 5.15. The van der Waals surface area contributed by atoms with Crippen molar-refractivity contribution in [3.05, 3.63) is 17.5 Å². The Labute approximate surface area is 111 Å². The highest BCUT2D eigenvalue weighted by Crippen LogP contribution is 2.36. The summed E-state index contributed by atoms with van der Waals surface area (Å²) in [5, 5.41) is 4.62. The molecule has 0 bridgehead atoms. The molecule has 0 saturated heterocycles. The number of nitrogens with two attached hydrogens (primary N) is 1. The van der Waals surface area contributed by atoms with Crippen LogP contribution < -0.4 is 5.73 Å². The molecule has 1 heterocycles. The third-order valence-corrected chi connectivity index (χ3v) is 4.43. The monoisotopic (exact) mass is 249 g/mol. The van der Waals surface area contributed by atoms with Crippen molar-refractivity contribution in [1.29, 1.82) is 0 Å². The van der Waals surface area contributed by atoms with Gasteiger partial charge < -0.3 is 5.73 Å². The Bertz CT molecular complexity index is 396. The Kier molecular flexibility index (Phi) is 4.10. The molecule has 3 nitrogen and oxygen atoms in total. The van der Waals surface area contributed by atoms with Gasteiger partial charge in [-0.1, -0.05) is 20.3 Å². The number of hydrogen-bond acceptors (Lipinski definition) is 2. The Hall–Kier alpha value is -0.830. The maximum atomic E-state index is 6.59. The lowest BCUT2D eigenvalue weighted by atomic mass is 9.91. The molecule has 0 spiro atoms. The summed E-state index contributed by atoms with van der Waals surface area (Å²) in [7, 11) is 0. The molecule has 2 atom stereocenters. The standard InChI is InChI=1S/C15H27N3/c1-4-12-7-8-15(16,10-12)11-14-9-13(5-2)17-18(14)6-3/h9,12H,4-8,10-11,16H2,1-3H3. The van der Waals surface area contributed by atoms with E-state index < -0.39 is 0 Å². The molecule has 1 aromatic rings. The smallest absolute Gasteiger partial charge is 0.0624 e. The molecule has 1 aliphatic carbocycles. The predicted octanol–water partition coefficient (Wildman–Crippen LogP) is 2.92. The van der Waals surface area contributed by atoms with Gasteiger partial charge in [-0.05, 0) is 44.6 Å². The van der Waals surface area contributed by atoms with Crippen molar-refractivity contribution in [2.24, 2.45) is 11.7 Å². The van der Waals surface area contributed by atoms with Crippen molar-refractivity contribution in [1.82, 2.24) is 9.78 Å². The van der Waals surface area contributed by atoms with Crippen LogP contribution in [-0.4, -0.2) is 15.3 Å². The van der Waals surface area contributed by atoms with Crippen LogP contribution in [0.4, 0.5) is 0 Å². The summed E-state index contributed by atoms with van der Waals surface area (Å²) >= 11 is 0. The van der Waals surface area contributed by atoms with Gasteiger partial charge in [-0.25, -0.2) is 0 Å². The van der Waals surface area contributed by atoms with Gasteiger partial charge in [-0.15, -0.1) is 0 Å². The maximum absolute atomic E-state index is 6.59. The van der Waals surface area contributed by atoms with E-state index in [1.165, 1.54) is 37.1 Å². The lowest BCUT2D eigenvalue weighted by Crippen LogP contribution is -2.40. The van der Waals surface area contributed by atoms with E-state index in [1.54, 1.807) is 0 Å². The first-order valence-corrected chi connectivity index (χ1v) is 7.44. The van der Waals surface area contributed by atoms with E-state index >= 15 is 0 Å². The van der Waals surface area contributed by atoms with Crippen molar-refractivity contribution in [2.75, 3.05) is 0 Å². The Morgan fingerprint density at radius 1 is 1.44 bits per heavy atom. The van der Waals surface area contributed by atoms with Crippen LogP contribution in [-0.2, 0) is 19.4 Å². The first-order valence-electron chi connectivity index (χ1n) is 7.44. The molecule has 1 aromatic heterocycles. The number of nitrogens with zero attached hydrogens (tertiary/aromatic N) is 2. The van der Waals surface area contributed by atoms with Crippen LogP contribution in [0, 0.1) is 5.92 Å². The molecule has 2 unspecified atom stereocenters. The molecule has 0 aliphatic heterocycles. The lowest BCUT2D eigenvalue weighted by molar-refractivity contribution is 0.394. The van der Waals surface area contributed by atoms with Crippen molar-refractivity contribution in [3.63, 3.8) is 0 Å². The first kappa shape index (κ1) is 13.6. The highest BCUT2D eigenvalue weighted by Gasteiger charge is 2.35. The average Bonchev–Trinajstić information content (AvgIpc) is 2.93. The summed E-state index contributed by atoms with van der Waals surface area (Å²) in [6.45, 7) is 7.54. The fourth-order valence-electron chi connectivity index (χ4n) is 3.24. The first-order chi connectivity index (χ1) is 8.60. The summed E-state index contributed by atoms with van der Waals surface area (Å²) in [5.41, 5.74) is 9.13. The minimum atomic E-state index is 0.0125. The minimum Gasteiger partial charge on any atom is -0.325 e. The fraction of sp³-hybridized carbons (Fsp3) is 0.800. The van der Waals surface area contributed by atoms with Crippen LogP contribution in [0.25, 0.3) is 0 Å². The summed E-state index contributed by atoms with van der Waals surface area (Å²) in [6, 6.07) is 2.25. The molecule has 3 heteroatoms. The van der Waals surface area contributed by atoms with Crippen molar-refractivity contribution < 1.29 is 0 Å². The molecule has 2 N–H and O–H groups in total. The molecule has 0 aromatic carbocycles. The second-order valence-electron chi connectivity index (χ2n) is 5.85. The minimum absolute atomic E-state index is 0.0125. The van der Waals surface area contributed by atoms with Crippen LogP contribution in [0.2, 0.25) is 0 Å². The van der Waals surface area contributed by atoms with E-state index in [0.717, 1.165) is 25.3 Å². The Balaban J connectivity index is 2.11. The van der Waals surface area contributed by atoms with Crippen molar-refractivity contribution in [3.8, 4) is 0 Å². The lowest BCUT2D eigenvalue weighted by Gasteiger charge is -2.24. The quantitative estimate of drug-likeness (QED) is 0.872. The second kappa shape index (κ2) is 5.43. The molecular formula is C15H27N3. The normalized spacial score (nSPS) is 27.9. The van der Waals surface area contributed by atoms with Gasteiger partial charge in [0.05, 0.1) is 5.69 Å². The molecule has 2 rings (SSSR count). The summed E-state index contributed by atoms with van der Waals surface area (Å²) in [5.74, 6) is 0.832. The molecule has 0 amide bonds. The molecule has 102 valence electrons. The van der Waals surface area contributed by atoms with Gasteiger partial charge in [-0.2, -0.15) is 5.10 Å². The van der Waals surface area contributed by atoms with Crippen LogP contribution in [0.5, 0.6) is 0 Å². The second-order valence-corrected chi connectivity index (χ2v) is 5.85. The zero-order valence-corrected chi connectivity index (χ0v) is 12.1. The molecular weight excluding hydrogens is 222 g/mol. The Morgan fingerprint density at radius 2 is 2.22 bits per heavy atom. The van der Waals surface area contributed by atoms with Crippen LogP contribution in [0.15, 0.2) is 6.07 Å². The molecule has 18 heavy (non-hydrogen) atoms. The fourth-order valence-corrected chi connectivity index (χ4v) is 3.24. The number of aryl methyl sites for hydroxylation is 2. The summed E-state index contributed by atoms with van der Waals surface area (Å²) < 4.78 is 2.13. The third kappa shape index (κ3) is 2.77. The van der Waals surface area contributed by atoms with E-state index in [4.69, 9.17) is 5.73 Å². The summed E-state index contributed by atoms with van der Waals surface area (Å²) in [4.78, 5) is 0. The third-order valence-electron chi connectivity index (χ3n) is 4.43. The SMILES string of the molecule is CCc1cc(CC2(N)CCC(CC)C2)n(CC)n1. The summed E-state index contributed by atoms with van der Waals surface area (Å²) in [6.07, 6.45) is 6.92. The number of aromatic nitrogens is 2. The van der Waals surface area contributed by atoms with Gasteiger partial charge in [-0.3, -0.25) is 4.68 Å². The zero-order valence-electron chi connectivity index (χ0n) is 12.1. The highest BCUT2D eigenvalue weighted by atomic mass is 15.3. The van der Waals surface area contributed by atoms with Gasteiger partial charge in [0.2, 0.25) is 0 Å². The largest absolute Gasteiger partial charge is 0.325 e. The predicted molar refractivity (Wildman–Crippen MR) is 75.5 cm³/mol. The van der Waals surface area contributed by atoms with Gasteiger partial charge >= 0.3 is 0 Å². The number of hydrogen-bond donors (Lipinski definition) is 1. The van der Waals surface area contributed by atoms with E-state index in [-0.39, 0.29) is 5.54 Å². The topological polar surface area (TPSA) is 43.8 Å². The van der Waals surface area contributed by atoms with Gasteiger partial charge in [0.25, 0.3) is 0 Å². The van der Waals surface area contributed by atoms with Crippen molar-refractivity contribution >= 4 is 0 Å². The van der Waals surface area contributed by atoms with Crippen LogP contribution in [0.1, 0.15) is 57.8 Å². The number of rotatable bonds is 5. The zero-order chi connectivity index (χ0) is 13.2. The van der Waals surface area contributed by atoms with E-state index in [2.05, 4.69) is 36.6 Å². The van der Waals surface area contributed by atoms with Crippen LogP contribution >= 0.6 is 0 Å². The van der Waals surface area contributed by atoms with Gasteiger partial charge in [0, 0.05) is 24.2 Å². The van der Waals surface area contributed by atoms with Gasteiger partial charge in [0.15, 0.2) is 0 Å².